The lowest BCUT2D eigenvalue weighted by Crippen LogP contribution is -2.06. The minimum Gasteiger partial charge on any atom is -0.398 e. The number of nitrogens with two attached hydrogens (primary N) is 1. The second kappa shape index (κ2) is 5.04. The van der Waals surface area contributed by atoms with E-state index in [2.05, 4.69) is 20.9 Å². The molecular weight excluding hydrogens is 332 g/mol. The maximum atomic E-state index is 12.6. The van der Waals surface area contributed by atoms with E-state index in [9.17, 15) is 4.79 Å². The zero-order valence-corrected chi connectivity index (χ0v) is 12.3. The number of benzene rings is 1. The summed E-state index contributed by atoms with van der Waals surface area (Å²) < 4.78 is 2.51. The maximum absolute atomic E-state index is 12.6. The van der Waals surface area contributed by atoms with Crippen LogP contribution in [-0.2, 0) is 0 Å². The zero-order valence-electron chi connectivity index (χ0n) is 10.7. The van der Waals surface area contributed by atoms with Crippen molar-refractivity contribution >= 4 is 33.0 Å². The third-order valence-electron chi connectivity index (χ3n) is 3.16. The lowest BCUT2D eigenvalue weighted by Gasteiger charge is -2.04. The van der Waals surface area contributed by atoms with E-state index in [0.717, 1.165) is 4.47 Å². The van der Waals surface area contributed by atoms with Crippen LogP contribution in [0.1, 0.15) is 21.6 Å². The highest BCUT2D eigenvalue weighted by atomic mass is 79.9. The van der Waals surface area contributed by atoms with Crippen LogP contribution in [0.5, 0.6) is 0 Å². The van der Waals surface area contributed by atoms with Gasteiger partial charge in [-0.05, 0) is 46.3 Å². The Kier molecular flexibility index (Phi) is 3.20. The first-order chi connectivity index (χ1) is 10.1. The summed E-state index contributed by atoms with van der Waals surface area (Å²) >= 11 is 3.39. The largest absolute Gasteiger partial charge is 0.398 e. The minimum absolute atomic E-state index is 0.211. The minimum atomic E-state index is -0.211. The van der Waals surface area contributed by atoms with Gasteiger partial charge in [0.2, 0.25) is 5.78 Å². The van der Waals surface area contributed by atoms with Crippen molar-refractivity contribution in [2.24, 2.45) is 0 Å². The molecular formula is C15H9BrN4O. The molecule has 6 heteroatoms. The lowest BCUT2D eigenvalue weighted by atomic mass is 10.0. The second-order valence-electron chi connectivity index (χ2n) is 4.44. The molecule has 0 bridgehead atoms. The normalized spacial score (nSPS) is 10.5. The van der Waals surface area contributed by atoms with Crippen molar-refractivity contribution in [2.45, 2.75) is 0 Å². The summed E-state index contributed by atoms with van der Waals surface area (Å²) in [7, 11) is 0. The molecule has 102 valence electrons. The van der Waals surface area contributed by atoms with Gasteiger partial charge in [-0.1, -0.05) is 0 Å². The number of rotatable bonds is 2. The highest BCUT2D eigenvalue weighted by Crippen LogP contribution is 2.21. The molecule has 3 rings (SSSR count). The molecule has 1 aromatic carbocycles. The molecule has 0 unspecified atom stereocenters. The maximum Gasteiger partial charge on any atom is 0.211 e. The van der Waals surface area contributed by atoms with Crippen molar-refractivity contribution < 1.29 is 4.79 Å². The Morgan fingerprint density at radius 3 is 2.95 bits per heavy atom. The van der Waals surface area contributed by atoms with Crippen LogP contribution >= 0.6 is 15.9 Å². The molecule has 0 fully saturated rings. The van der Waals surface area contributed by atoms with Crippen molar-refractivity contribution in [1.29, 1.82) is 5.26 Å². The molecule has 0 aliphatic carbocycles. The third-order valence-corrected chi connectivity index (χ3v) is 3.78. The van der Waals surface area contributed by atoms with E-state index >= 15 is 0 Å². The van der Waals surface area contributed by atoms with Gasteiger partial charge in [0.05, 0.1) is 16.2 Å². The number of carbonyl (C=O) groups excluding carboxylic acids is 1. The van der Waals surface area contributed by atoms with Gasteiger partial charge < -0.3 is 5.73 Å². The molecule has 0 spiro atoms. The van der Waals surface area contributed by atoms with E-state index in [0.29, 0.717) is 22.6 Å². The van der Waals surface area contributed by atoms with Gasteiger partial charge in [-0.3, -0.25) is 9.20 Å². The Morgan fingerprint density at radius 1 is 1.38 bits per heavy atom. The number of ketones is 1. The van der Waals surface area contributed by atoms with Crippen molar-refractivity contribution in [3.63, 3.8) is 0 Å². The first kappa shape index (κ1) is 13.3. The van der Waals surface area contributed by atoms with Gasteiger partial charge in [-0.2, -0.15) is 5.26 Å². The van der Waals surface area contributed by atoms with Gasteiger partial charge in [0.25, 0.3) is 0 Å². The first-order valence-corrected chi connectivity index (χ1v) is 6.87. The Balaban J connectivity index is 2.13. The Bertz CT molecular complexity index is 908. The Morgan fingerprint density at radius 2 is 2.19 bits per heavy atom. The predicted molar refractivity (Wildman–Crippen MR) is 81.9 cm³/mol. The molecule has 0 saturated heterocycles. The van der Waals surface area contributed by atoms with Crippen molar-refractivity contribution in [2.75, 3.05) is 5.73 Å². The van der Waals surface area contributed by atoms with Crippen LogP contribution in [0.4, 0.5) is 5.69 Å². The lowest BCUT2D eigenvalue weighted by molar-refractivity contribution is 0.103. The number of hydrogen-bond donors (Lipinski definition) is 1. The van der Waals surface area contributed by atoms with Crippen molar-refractivity contribution in [3.8, 4) is 6.07 Å². The van der Waals surface area contributed by atoms with Gasteiger partial charge in [0.1, 0.15) is 11.8 Å². The van der Waals surface area contributed by atoms with E-state index in [1.54, 1.807) is 22.7 Å². The number of anilines is 1. The van der Waals surface area contributed by atoms with Crippen molar-refractivity contribution in [1.82, 2.24) is 9.38 Å². The molecule has 0 atom stereocenters. The quantitative estimate of drug-likeness (QED) is 0.574. The summed E-state index contributed by atoms with van der Waals surface area (Å²) in [4.78, 5) is 16.8. The predicted octanol–water partition coefficient (Wildman–Crippen LogP) is 2.78. The van der Waals surface area contributed by atoms with Crippen LogP contribution in [0.25, 0.3) is 5.65 Å². The van der Waals surface area contributed by atoms with Crippen LogP contribution in [0.15, 0.2) is 47.2 Å². The molecule has 0 aliphatic rings. The second-order valence-corrected chi connectivity index (χ2v) is 5.29. The molecule has 2 aromatic heterocycles. The molecule has 2 N–H and O–H groups in total. The Labute approximate surface area is 128 Å². The monoisotopic (exact) mass is 340 g/mol. The number of aromatic nitrogens is 2. The number of fused-ring (bicyclic) bond motifs is 1. The summed E-state index contributed by atoms with van der Waals surface area (Å²) in [5, 5.41) is 9.00. The van der Waals surface area contributed by atoms with E-state index in [1.165, 1.54) is 12.3 Å². The van der Waals surface area contributed by atoms with Crippen LogP contribution in [0.2, 0.25) is 0 Å². The van der Waals surface area contributed by atoms with Gasteiger partial charge in [0, 0.05) is 17.4 Å². The number of nitriles is 1. The summed E-state index contributed by atoms with van der Waals surface area (Å²) in [6.45, 7) is 0. The SMILES string of the molecule is N#Cc1cc(C(=O)c2cnc3c(Br)cccn23)ccc1N. The number of halogens is 1. The van der Waals surface area contributed by atoms with Crippen molar-refractivity contribution in [3.05, 3.63) is 64.0 Å². The molecule has 2 heterocycles. The van der Waals surface area contributed by atoms with E-state index in [4.69, 9.17) is 11.0 Å². The average Bonchev–Trinajstić information content (AvgIpc) is 2.92. The molecule has 0 saturated carbocycles. The van der Waals surface area contributed by atoms with E-state index in [-0.39, 0.29) is 11.3 Å². The van der Waals surface area contributed by atoms with Gasteiger partial charge in [-0.25, -0.2) is 4.98 Å². The first-order valence-electron chi connectivity index (χ1n) is 6.07. The molecule has 21 heavy (non-hydrogen) atoms. The fourth-order valence-electron chi connectivity index (χ4n) is 2.09. The van der Waals surface area contributed by atoms with Gasteiger partial charge >= 0.3 is 0 Å². The average molecular weight is 341 g/mol. The smallest absolute Gasteiger partial charge is 0.211 e. The molecule has 5 nitrogen and oxygen atoms in total. The molecule has 0 radical (unpaired) electrons. The fraction of sp³-hybridized carbons (Fsp3) is 0. The summed E-state index contributed by atoms with van der Waals surface area (Å²) in [5.41, 5.74) is 7.82. The molecule has 3 aromatic rings. The van der Waals surface area contributed by atoms with Crippen LogP contribution in [-0.4, -0.2) is 15.2 Å². The van der Waals surface area contributed by atoms with Gasteiger partial charge in [-0.15, -0.1) is 0 Å². The summed E-state index contributed by atoms with van der Waals surface area (Å²) in [6, 6.07) is 10.3. The van der Waals surface area contributed by atoms with Gasteiger partial charge in [0.15, 0.2) is 5.65 Å². The van der Waals surface area contributed by atoms with Crippen LogP contribution in [0.3, 0.4) is 0 Å². The Hall–Kier alpha value is -2.65. The van der Waals surface area contributed by atoms with Crippen LogP contribution in [0, 0.1) is 11.3 Å². The fourth-order valence-corrected chi connectivity index (χ4v) is 2.53. The summed E-state index contributed by atoms with van der Waals surface area (Å²) in [5.74, 6) is -0.211. The number of hydrogen-bond acceptors (Lipinski definition) is 4. The topological polar surface area (TPSA) is 84.2 Å². The highest BCUT2D eigenvalue weighted by Gasteiger charge is 2.16. The third kappa shape index (κ3) is 2.18. The number of pyridine rings is 1. The number of nitrogen functional groups attached to an aromatic ring is 1. The van der Waals surface area contributed by atoms with E-state index < -0.39 is 0 Å². The zero-order chi connectivity index (χ0) is 15.0. The van der Waals surface area contributed by atoms with E-state index in [1.807, 2.05) is 18.2 Å². The number of imidazole rings is 1. The molecule has 0 aliphatic heterocycles. The van der Waals surface area contributed by atoms with Crippen LogP contribution < -0.4 is 5.73 Å². The number of carbonyl (C=O) groups is 1. The molecule has 0 amide bonds. The summed E-state index contributed by atoms with van der Waals surface area (Å²) in [6.07, 6.45) is 3.29. The highest BCUT2D eigenvalue weighted by molar-refractivity contribution is 9.10. The number of nitrogens with zero attached hydrogens (tertiary/aromatic N) is 3. The standard InChI is InChI=1S/C15H9BrN4O/c16-11-2-1-5-20-13(8-19-15(11)20)14(21)9-3-4-12(18)10(6-9)7-17/h1-6,8H,18H2.